The molecule has 0 radical (unpaired) electrons. The van der Waals surface area contributed by atoms with Crippen LogP contribution < -0.4 is 11.1 Å². The molecule has 1 atom stereocenters. The molecule has 0 aliphatic rings. The molecule has 0 aromatic heterocycles. The summed E-state index contributed by atoms with van der Waals surface area (Å²) in [5, 5.41) is 15.2. The van der Waals surface area contributed by atoms with Crippen molar-refractivity contribution >= 4 is 43.4 Å². The van der Waals surface area contributed by atoms with E-state index in [2.05, 4.69) is 10.5 Å². The maximum atomic E-state index is 13.4. The summed E-state index contributed by atoms with van der Waals surface area (Å²) >= 11 is 0. The fourth-order valence-corrected chi connectivity index (χ4v) is 5.98. The van der Waals surface area contributed by atoms with Crippen molar-refractivity contribution in [3.63, 3.8) is 0 Å². The lowest BCUT2D eigenvalue weighted by molar-refractivity contribution is -0.127. The van der Waals surface area contributed by atoms with E-state index in [4.69, 9.17) is 10.9 Å². The maximum Gasteiger partial charge on any atom is 0.258 e. The minimum atomic E-state index is -3.84. The number of hydrogen-bond acceptors (Lipinski definition) is 9. The number of likely N-dealkylation sites (N-methyl/N-ethyl adjacent to an activating group) is 1. The second kappa shape index (κ2) is 11.7. The average Bonchev–Trinajstić information content (AvgIpc) is 2.85. The van der Waals surface area contributed by atoms with Gasteiger partial charge in [0, 0.05) is 41.7 Å². The number of sulfone groups is 1. The molecule has 1 amide bonds. The van der Waals surface area contributed by atoms with Crippen molar-refractivity contribution in [1.82, 2.24) is 4.31 Å². The molecule has 12 heteroatoms. The van der Waals surface area contributed by atoms with Crippen molar-refractivity contribution in [2.45, 2.75) is 24.3 Å². The van der Waals surface area contributed by atoms with Crippen LogP contribution in [0.25, 0.3) is 11.1 Å². The lowest BCUT2D eigenvalue weighted by atomic mass is 9.98. The molecule has 0 fully saturated rings. The Hall–Kier alpha value is -3.90. The van der Waals surface area contributed by atoms with Gasteiger partial charge in [-0.2, -0.15) is 0 Å². The van der Waals surface area contributed by atoms with Gasteiger partial charge in [0.15, 0.2) is 9.84 Å². The van der Waals surface area contributed by atoms with E-state index in [1.165, 1.54) is 6.07 Å². The minimum absolute atomic E-state index is 0.0376. The Morgan fingerprint density at radius 3 is 2.26 bits per heavy atom. The summed E-state index contributed by atoms with van der Waals surface area (Å²) in [6.45, 7) is 1.51. The average molecular weight is 559 g/mol. The minimum Gasteiger partial charge on any atom is -0.411 e. The van der Waals surface area contributed by atoms with E-state index in [1.54, 1.807) is 67.6 Å². The molecule has 0 aliphatic carbocycles. The summed E-state index contributed by atoms with van der Waals surface area (Å²) in [4.78, 5) is 13.6. The van der Waals surface area contributed by atoms with Crippen molar-refractivity contribution < 1.29 is 26.8 Å². The van der Waals surface area contributed by atoms with Crippen LogP contribution >= 0.6 is 0 Å². The van der Waals surface area contributed by atoms with Gasteiger partial charge in [-0.3, -0.25) is 4.79 Å². The Morgan fingerprint density at radius 2 is 1.68 bits per heavy atom. The number of rotatable bonds is 10. The summed E-state index contributed by atoms with van der Waals surface area (Å²) in [6.07, 6.45) is 3.31. The molecule has 4 N–H and O–H groups in total. The highest BCUT2D eigenvalue weighted by Crippen LogP contribution is 2.29. The molecule has 10 nitrogen and oxygen atoms in total. The number of nitrogen functional groups attached to an aromatic ring is 1. The van der Waals surface area contributed by atoms with Gasteiger partial charge in [-0.15, -0.1) is 0 Å². The van der Waals surface area contributed by atoms with E-state index >= 15 is 0 Å². The van der Waals surface area contributed by atoms with Crippen LogP contribution in [0.5, 0.6) is 0 Å². The van der Waals surface area contributed by atoms with Gasteiger partial charge in [0.05, 0.1) is 17.4 Å². The predicted octanol–water partition coefficient (Wildman–Crippen LogP) is 2.98. The fourth-order valence-electron chi connectivity index (χ4n) is 4.15. The van der Waals surface area contributed by atoms with Crippen LogP contribution in [0.15, 0.2) is 76.8 Å². The van der Waals surface area contributed by atoms with E-state index in [1.807, 2.05) is 0 Å². The molecule has 0 spiro atoms. The Balaban J connectivity index is 2.01. The number of hydrogen-bond donors (Lipinski definition) is 3. The predicted molar refractivity (Wildman–Crippen MR) is 149 cm³/mol. The Kier molecular flexibility index (Phi) is 8.79. The van der Waals surface area contributed by atoms with Gasteiger partial charge in [-0.05, 0) is 42.3 Å². The van der Waals surface area contributed by atoms with Gasteiger partial charge in [0.25, 0.3) is 5.91 Å². The van der Waals surface area contributed by atoms with Crippen molar-refractivity contribution in [1.29, 1.82) is 0 Å². The maximum absolute atomic E-state index is 13.4. The smallest absolute Gasteiger partial charge is 0.258 e. The number of amides is 1. The zero-order valence-corrected chi connectivity index (χ0v) is 22.8. The third-order valence-corrected chi connectivity index (χ3v) is 8.29. The lowest BCUT2D eigenvalue weighted by Crippen LogP contribution is -2.46. The molecule has 0 bridgehead atoms. The van der Waals surface area contributed by atoms with Gasteiger partial charge >= 0.3 is 0 Å². The molecule has 0 heterocycles. The largest absolute Gasteiger partial charge is 0.411 e. The first-order valence-corrected chi connectivity index (χ1v) is 15.3. The normalized spacial score (nSPS) is 12.8. The van der Waals surface area contributed by atoms with Crippen LogP contribution in [0.1, 0.15) is 18.1 Å². The number of nitrogens with zero attached hydrogens (tertiary/aromatic N) is 2. The Morgan fingerprint density at radius 1 is 1.03 bits per heavy atom. The third-order valence-electron chi connectivity index (χ3n) is 5.90. The number of anilines is 2. The Labute approximate surface area is 222 Å². The van der Waals surface area contributed by atoms with E-state index < -0.39 is 31.8 Å². The van der Waals surface area contributed by atoms with Crippen LogP contribution in [0.2, 0.25) is 0 Å². The standard InChI is InChI=1S/C26H30N4O6S2/c1-4-30(38(3,35)36)26(31)24(16-19-8-7-10-23(27)22(19)17-28-32)29-20-14-12-18(13-15-20)21-9-5-6-11-25(21)37(2,33)34/h5-15,17,24,29,32H,4,16,27H2,1-3H3/t24-/m0/s1. The van der Waals surface area contributed by atoms with Gasteiger partial charge in [-0.1, -0.05) is 47.6 Å². The molecule has 3 rings (SSSR count). The molecule has 0 aliphatic heterocycles. The molecule has 3 aromatic rings. The molecular formula is C26H30N4O6S2. The zero-order valence-electron chi connectivity index (χ0n) is 21.2. The summed E-state index contributed by atoms with van der Waals surface area (Å²) in [5.41, 5.74) is 9.03. The zero-order chi connectivity index (χ0) is 28.1. The number of nitrogens with one attached hydrogen (secondary N) is 1. The molecule has 3 aromatic carbocycles. The van der Waals surface area contributed by atoms with Crippen molar-refractivity contribution in [2.24, 2.45) is 5.16 Å². The highest BCUT2D eigenvalue weighted by Gasteiger charge is 2.30. The molecule has 0 saturated carbocycles. The quantitative estimate of drug-likeness (QED) is 0.148. The van der Waals surface area contributed by atoms with Crippen LogP contribution in [0, 0.1) is 0 Å². The van der Waals surface area contributed by atoms with Gasteiger partial charge in [0.1, 0.15) is 6.04 Å². The molecule has 0 unspecified atom stereocenters. The van der Waals surface area contributed by atoms with Crippen molar-refractivity contribution in [2.75, 3.05) is 30.1 Å². The topological polar surface area (TPSA) is 159 Å². The molecular weight excluding hydrogens is 528 g/mol. The van der Waals surface area contributed by atoms with E-state index in [0.29, 0.717) is 33.6 Å². The van der Waals surface area contributed by atoms with Crippen LogP contribution in [0.3, 0.4) is 0 Å². The number of carbonyl (C=O) groups is 1. The SMILES string of the molecule is CCN(C(=O)[C@H](Cc1cccc(N)c1C=NO)Nc1ccc(-c2ccccc2S(C)(=O)=O)cc1)S(C)(=O)=O. The lowest BCUT2D eigenvalue weighted by Gasteiger charge is -2.26. The number of sulfonamides is 1. The third kappa shape index (κ3) is 6.69. The summed E-state index contributed by atoms with van der Waals surface area (Å²) in [5.74, 6) is -0.671. The molecule has 202 valence electrons. The van der Waals surface area contributed by atoms with E-state index in [9.17, 15) is 21.6 Å². The van der Waals surface area contributed by atoms with Crippen molar-refractivity contribution in [3.8, 4) is 11.1 Å². The van der Waals surface area contributed by atoms with Crippen LogP contribution in [-0.4, -0.2) is 63.6 Å². The first-order valence-electron chi connectivity index (χ1n) is 11.6. The number of oxime groups is 1. The second-order valence-corrected chi connectivity index (χ2v) is 12.6. The van der Waals surface area contributed by atoms with E-state index in [-0.39, 0.29) is 17.9 Å². The highest BCUT2D eigenvalue weighted by atomic mass is 32.2. The van der Waals surface area contributed by atoms with Crippen LogP contribution in [-0.2, 0) is 31.1 Å². The van der Waals surface area contributed by atoms with E-state index in [0.717, 1.165) is 23.0 Å². The van der Waals surface area contributed by atoms with Crippen molar-refractivity contribution in [3.05, 3.63) is 77.9 Å². The van der Waals surface area contributed by atoms with Crippen LogP contribution in [0.4, 0.5) is 11.4 Å². The number of benzene rings is 3. The summed E-state index contributed by atoms with van der Waals surface area (Å²) < 4.78 is 49.8. The first-order chi connectivity index (χ1) is 17.9. The summed E-state index contributed by atoms with van der Waals surface area (Å²) in [6, 6.07) is 17.4. The molecule has 0 saturated heterocycles. The monoisotopic (exact) mass is 558 g/mol. The summed E-state index contributed by atoms with van der Waals surface area (Å²) in [7, 11) is -7.29. The fraction of sp³-hybridized carbons (Fsp3) is 0.231. The number of carbonyl (C=O) groups excluding carboxylic acids is 1. The number of nitrogens with two attached hydrogens (primary N) is 1. The van der Waals surface area contributed by atoms with Gasteiger partial charge < -0.3 is 16.3 Å². The van der Waals surface area contributed by atoms with Gasteiger partial charge in [-0.25, -0.2) is 21.1 Å². The Bertz CT molecular complexity index is 1550. The second-order valence-electron chi connectivity index (χ2n) is 8.68. The highest BCUT2D eigenvalue weighted by molar-refractivity contribution is 7.90. The molecule has 38 heavy (non-hydrogen) atoms. The first kappa shape index (κ1) is 28.7. The van der Waals surface area contributed by atoms with Gasteiger partial charge in [0.2, 0.25) is 10.0 Å².